The summed E-state index contributed by atoms with van der Waals surface area (Å²) in [5.41, 5.74) is 0. The Morgan fingerprint density at radius 1 is 1.33 bits per heavy atom. The van der Waals surface area contributed by atoms with Gasteiger partial charge >= 0.3 is 0 Å². The Hall–Kier alpha value is -1.32. The molecule has 1 aliphatic rings. The van der Waals surface area contributed by atoms with Crippen LogP contribution in [-0.2, 0) is 14.0 Å². The minimum Gasteiger partial charge on any atom is -0.420 e. The van der Waals surface area contributed by atoms with E-state index in [0.29, 0.717) is 0 Å². The highest BCUT2D eigenvalue weighted by molar-refractivity contribution is 6.52. The third-order valence-corrected chi connectivity index (χ3v) is 4.32. The SMILES string of the molecule is C=CC[SiH]1CCCCO1.N=C=O.N=C=O. The lowest BCUT2D eigenvalue weighted by molar-refractivity contribution is 0.288. The summed E-state index contributed by atoms with van der Waals surface area (Å²) in [4.78, 5) is 16.7. The summed E-state index contributed by atoms with van der Waals surface area (Å²) < 4.78 is 5.59. The van der Waals surface area contributed by atoms with Crippen LogP contribution in [0.2, 0.25) is 12.1 Å². The maximum atomic E-state index is 8.35. The molecule has 5 nitrogen and oxygen atoms in total. The topological polar surface area (TPSA) is 91.1 Å². The second kappa shape index (κ2) is 15.2. The Labute approximate surface area is 90.9 Å². The molecule has 0 aromatic rings. The van der Waals surface area contributed by atoms with Crippen LogP contribution >= 0.6 is 0 Å². The Morgan fingerprint density at radius 3 is 2.20 bits per heavy atom. The lowest BCUT2D eigenvalue weighted by atomic mass is 10.4. The minimum atomic E-state index is -0.744. The van der Waals surface area contributed by atoms with Crippen molar-refractivity contribution in [1.82, 2.24) is 0 Å². The molecule has 15 heavy (non-hydrogen) atoms. The first kappa shape index (κ1) is 16.1. The minimum absolute atomic E-state index is 0.744. The zero-order valence-electron chi connectivity index (χ0n) is 8.62. The standard InChI is InChI=1S/C7H14OSi.2CHNO/c1-2-6-9-7-4-3-5-8-9;2*2-1-3/h2,9H,1,3-7H2;2*2H. The predicted octanol–water partition coefficient (Wildman–Crippen LogP) is 1.51. The monoisotopic (exact) mass is 228 g/mol. The molecular formula is C9H16N2O3Si. The van der Waals surface area contributed by atoms with Crippen LogP contribution < -0.4 is 0 Å². The molecule has 1 fully saturated rings. The molecule has 1 rings (SSSR count). The van der Waals surface area contributed by atoms with Gasteiger partial charge in [-0.25, -0.2) is 20.4 Å². The van der Waals surface area contributed by atoms with Gasteiger partial charge in [0.2, 0.25) is 12.2 Å². The molecule has 0 radical (unpaired) electrons. The van der Waals surface area contributed by atoms with Gasteiger partial charge in [0.1, 0.15) is 0 Å². The van der Waals surface area contributed by atoms with Gasteiger partial charge in [0.25, 0.3) is 0 Å². The summed E-state index contributed by atoms with van der Waals surface area (Å²) in [7, 11) is -0.744. The second-order valence-corrected chi connectivity index (χ2v) is 5.34. The average molecular weight is 228 g/mol. The van der Waals surface area contributed by atoms with Gasteiger partial charge in [0, 0.05) is 6.61 Å². The van der Waals surface area contributed by atoms with Crippen LogP contribution in [0, 0.1) is 10.8 Å². The van der Waals surface area contributed by atoms with Crippen molar-refractivity contribution in [3.05, 3.63) is 12.7 Å². The molecule has 0 aromatic heterocycles. The van der Waals surface area contributed by atoms with Crippen molar-refractivity contribution in [2.75, 3.05) is 6.61 Å². The number of hydrogen-bond donors (Lipinski definition) is 2. The summed E-state index contributed by atoms with van der Waals surface area (Å²) in [6, 6.07) is 2.53. The van der Waals surface area contributed by atoms with Crippen LogP contribution in [0.5, 0.6) is 0 Å². The molecule has 84 valence electrons. The third kappa shape index (κ3) is 15.4. The van der Waals surface area contributed by atoms with Gasteiger partial charge in [0.05, 0.1) is 0 Å². The number of allylic oxidation sites excluding steroid dienone is 1. The van der Waals surface area contributed by atoms with Crippen LogP contribution in [0.4, 0.5) is 0 Å². The highest BCUT2D eigenvalue weighted by Crippen LogP contribution is 2.13. The predicted molar refractivity (Wildman–Crippen MR) is 59.0 cm³/mol. The molecular weight excluding hydrogens is 212 g/mol. The van der Waals surface area contributed by atoms with E-state index >= 15 is 0 Å². The fourth-order valence-electron chi connectivity index (χ4n) is 1.18. The Kier molecular flexibility index (Phi) is 16.3. The van der Waals surface area contributed by atoms with Crippen molar-refractivity contribution in [2.24, 2.45) is 0 Å². The maximum Gasteiger partial charge on any atom is 0.231 e. The van der Waals surface area contributed by atoms with Crippen LogP contribution in [0.25, 0.3) is 0 Å². The molecule has 2 N–H and O–H groups in total. The van der Waals surface area contributed by atoms with Gasteiger partial charge in [-0.05, 0) is 18.5 Å². The molecule has 1 unspecified atom stereocenters. The molecule has 6 heteroatoms. The van der Waals surface area contributed by atoms with Crippen molar-refractivity contribution in [1.29, 1.82) is 10.8 Å². The van der Waals surface area contributed by atoms with Gasteiger partial charge < -0.3 is 4.43 Å². The van der Waals surface area contributed by atoms with E-state index in [1.807, 2.05) is 6.08 Å². The van der Waals surface area contributed by atoms with Gasteiger partial charge in [0.15, 0.2) is 9.04 Å². The Balaban J connectivity index is 0. The summed E-state index contributed by atoms with van der Waals surface area (Å²) in [6.45, 7) is 4.73. The first-order valence-corrected chi connectivity index (χ1v) is 6.67. The number of rotatable bonds is 2. The average Bonchev–Trinajstić information content (AvgIpc) is 2.22. The lowest BCUT2D eigenvalue weighted by Gasteiger charge is -2.19. The first-order chi connectivity index (χ1) is 7.26. The van der Waals surface area contributed by atoms with E-state index in [1.54, 1.807) is 0 Å². The van der Waals surface area contributed by atoms with Gasteiger partial charge in [-0.3, -0.25) is 0 Å². The number of nitrogens with one attached hydrogen (secondary N) is 2. The molecule has 1 heterocycles. The highest BCUT2D eigenvalue weighted by atomic mass is 28.3. The molecule has 0 aromatic carbocycles. The molecule has 1 atom stereocenters. The Bertz CT molecular complexity index is 203. The molecule has 1 saturated heterocycles. The lowest BCUT2D eigenvalue weighted by Crippen LogP contribution is -2.21. The van der Waals surface area contributed by atoms with Crippen molar-refractivity contribution in [3.8, 4) is 0 Å². The van der Waals surface area contributed by atoms with Gasteiger partial charge in [-0.2, -0.15) is 0 Å². The van der Waals surface area contributed by atoms with E-state index in [2.05, 4.69) is 6.58 Å². The van der Waals surface area contributed by atoms with Crippen molar-refractivity contribution >= 4 is 21.2 Å². The van der Waals surface area contributed by atoms with E-state index < -0.39 is 9.04 Å². The van der Waals surface area contributed by atoms with Crippen LogP contribution in [0.1, 0.15) is 12.8 Å². The molecule has 0 saturated carbocycles. The number of carbonyl (C=O) groups excluding carboxylic acids is 2. The summed E-state index contributed by atoms with van der Waals surface area (Å²) in [6.07, 6.45) is 6.17. The quantitative estimate of drug-likeness (QED) is 0.325. The second-order valence-electron chi connectivity index (χ2n) is 2.72. The van der Waals surface area contributed by atoms with E-state index in [9.17, 15) is 0 Å². The van der Waals surface area contributed by atoms with Gasteiger partial charge in [-0.15, -0.1) is 6.58 Å². The summed E-state index contributed by atoms with van der Waals surface area (Å²) in [5.74, 6) is 0. The van der Waals surface area contributed by atoms with E-state index in [-0.39, 0.29) is 0 Å². The van der Waals surface area contributed by atoms with Crippen LogP contribution in [0.3, 0.4) is 0 Å². The van der Waals surface area contributed by atoms with Crippen LogP contribution in [0.15, 0.2) is 12.7 Å². The summed E-state index contributed by atoms with van der Waals surface area (Å²) >= 11 is 0. The van der Waals surface area contributed by atoms with Crippen LogP contribution in [-0.4, -0.2) is 27.8 Å². The van der Waals surface area contributed by atoms with Crippen molar-refractivity contribution in [3.63, 3.8) is 0 Å². The Morgan fingerprint density at radius 2 is 1.87 bits per heavy atom. The van der Waals surface area contributed by atoms with Crippen molar-refractivity contribution < 1.29 is 14.0 Å². The third-order valence-electron chi connectivity index (χ3n) is 1.70. The zero-order valence-corrected chi connectivity index (χ0v) is 9.78. The number of isocyanates is 2. The zero-order chi connectivity index (χ0) is 11.9. The largest absolute Gasteiger partial charge is 0.420 e. The smallest absolute Gasteiger partial charge is 0.231 e. The fourth-order valence-corrected chi connectivity index (χ4v) is 3.33. The van der Waals surface area contributed by atoms with Gasteiger partial charge in [-0.1, -0.05) is 12.5 Å². The first-order valence-electron chi connectivity index (χ1n) is 4.57. The fraction of sp³-hybridized carbons (Fsp3) is 0.556. The molecule has 0 bridgehead atoms. The van der Waals surface area contributed by atoms with E-state index in [4.69, 9.17) is 24.8 Å². The molecule has 0 spiro atoms. The van der Waals surface area contributed by atoms with E-state index in [0.717, 1.165) is 18.8 Å². The van der Waals surface area contributed by atoms with Crippen molar-refractivity contribution in [2.45, 2.75) is 24.9 Å². The highest BCUT2D eigenvalue weighted by Gasteiger charge is 2.13. The molecule has 0 amide bonds. The maximum absolute atomic E-state index is 8.35. The molecule has 0 aliphatic carbocycles. The summed E-state index contributed by atoms with van der Waals surface area (Å²) in [5, 5.41) is 10.8. The molecule has 1 aliphatic heterocycles. The number of hydrogen-bond acceptors (Lipinski definition) is 5. The normalized spacial score (nSPS) is 17.7. The van der Waals surface area contributed by atoms with E-state index in [1.165, 1.54) is 24.9 Å².